The number of carbonyl (C=O) groups excluding carboxylic acids is 1. The lowest BCUT2D eigenvalue weighted by atomic mass is 9.86. The number of hydrogen-bond donors (Lipinski definition) is 2. The molecule has 0 saturated carbocycles. The number of ether oxygens (including phenoxy) is 1. The molecule has 0 fully saturated rings. The van der Waals surface area contributed by atoms with E-state index in [9.17, 15) is 22.8 Å². The number of aryl methyl sites for hydroxylation is 1. The standard InChI is InChI=1S/C33H28F3N3O4/c1-39-29-8-3-2-7-27(29)31(38-39)28(19-21-9-11-23(12-10-21)32(42)37-18-17-30(40)41)25-6-4-5-24(20-25)22-13-15-26(16-14-22)43-33(34,35)36/h2-16,20,28H,17-19H2,1H3,(H,37,42)(H,40,41). The molecule has 220 valence electrons. The maximum absolute atomic E-state index is 12.6. The number of carboxylic acid groups (broad SMARTS) is 1. The van der Waals surface area contributed by atoms with Gasteiger partial charge in [0.2, 0.25) is 0 Å². The number of nitrogens with zero attached hydrogens (tertiary/aromatic N) is 2. The number of para-hydroxylation sites is 1. The fourth-order valence-corrected chi connectivity index (χ4v) is 5.07. The van der Waals surface area contributed by atoms with Crippen LogP contribution in [0.3, 0.4) is 0 Å². The smallest absolute Gasteiger partial charge is 0.481 e. The summed E-state index contributed by atoms with van der Waals surface area (Å²) in [6, 6.07) is 28.7. The van der Waals surface area contributed by atoms with Crippen LogP contribution in [-0.2, 0) is 18.3 Å². The Morgan fingerprint density at radius 1 is 0.930 bits per heavy atom. The van der Waals surface area contributed by atoms with Gasteiger partial charge in [-0.15, -0.1) is 13.2 Å². The molecule has 0 aliphatic rings. The predicted molar refractivity (Wildman–Crippen MR) is 156 cm³/mol. The van der Waals surface area contributed by atoms with E-state index in [2.05, 4.69) is 10.1 Å². The summed E-state index contributed by atoms with van der Waals surface area (Å²) in [5, 5.41) is 17.3. The molecule has 1 unspecified atom stereocenters. The van der Waals surface area contributed by atoms with Gasteiger partial charge in [-0.1, -0.05) is 66.7 Å². The Morgan fingerprint density at radius 2 is 1.65 bits per heavy atom. The number of fused-ring (bicyclic) bond motifs is 1. The van der Waals surface area contributed by atoms with Crippen molar-refractivity contribution < 1.29 is 32.6 Å². The summed E-state index contributed by atoms with van der Waals surface area (Å²) in [6.07, 6.45) is -4.36. The highest BCUT2D eigenvalue weighted by molar-refractivity contribution is 5.94. The van der Waals surface area contributed by atoms with Gasteiger partial charge in [0.15, 0.2) is 0 Å². The fraction of sp³-hybridized carbons (Fsp3) is 0.182. The van der Waals surface area contributed by atoms with Crippen LogP contribution in [0.4, 0.5) is 13.2 Å². The first-order valence-corrected chi connectivity index (χ1v) is 13.5. The molecule has 5 aromatic rings. The highest BCUT2D eigenvalue weighted by Crippen LogP contribution is 2.35. The van der Waals surface area contributed by atoms with Gasteiger partial charge < -0.3 is 15.2 Å². The average Bonchev–Trinajstić information content (AvgIpc) is 3.31. The lowest BCUT2D eigenvalue weighted by Crippen LogP contribution is -2.25. The minimum atomic E-state index is -4.76. The van der Waals surface area contributed by atoms with Gasteiger partial charge in [0.05, 0.1) is 17.6 Å². The van der Waals surface area contributed by atoms with E-state index < -0.39 is 12.3 Å². The molecule has 0 bridgehead atoms. The monoisotopic (exact) mass is 587 g/mol. The number of halogens is 3. The topological polar surface area (TPSA) is 93.5 Å². The number of carboxylic acids is 1. The molecule has 43 heavy (non-hydrogen) atoms. The van der Waals surface area contributed by atoms with Crippen molar-refractivity contribution in [1.82, 2.24) is 15.1 Å². The van der Waals surface area contributed by atoms with Gasteiger partial charge in [0.25, 0.3) is 5.91 Å². The third kappa shape index (κ3) is 7.21. The number of aliphatic carboxylic acids is 1. The van der Waals surface area contributed by atoms with E-state index in [-0.39, 0.29) is 30.5 Å². The van der Waals surface area contributed by atoms with Crippen molar-refractivity contribution in [3.8, 4) is 16.9 Å². The summed E-state index contributed by atoms with van der Waals surface area (Å²) in [5.74, 6) is -1.81. The Kier molecular flexibility index (Phi) is 8.47. The first-order chi connectivity index (χ1) is 20.6. The van der Waals surface area contributed by atoms with Crippen molar-refractivity contribution in [2.45, 2.75) is 25.1 Å². The first-order valence-electron chi connectivity index (χ1n) is 13.5. The summed E-state index contributed by atoms with van der Waals surface area (Å²) in [4.78, 5) is 23.2. The highest BCUT2D eigenvalue weighted by atomic mass is 19.4. The van der Waals surface area contributed by atoms with Crippen LogP contribution < -0.4 is 10.1 Å². The number of rotatable bonds is 10. The number of hydrogen-bond acceptors (Lipinski definition) is 4. The van der Waals surface area contributed by atoms with Crippen molar-refractivity contribution in [1.29, 1.82) is 0 Å². The number of benzene rings is 4. The molecule has 10 heteroatoms. The molecule has 0 saturated heterocycles. The fourth-order valence-electron chi connectivity index (χ4n) is 5.07. The second-order valence-corrected chi connectivity index (χ2v) is 10.1. The van der Waals surface area contributed by atoms with Crippen molar-refractivity contribution in [2.75, 3.05) is 6.54 Å². The maximum atomic E-state index is 12.6. The lowest BCUT2D eigenvalue weighted by Gasteiger charge is -2.18. The maximum Gasteiger partial charge on any atom is 0.573 e. The van der Waals surface area contributed by atoms with Gasteiger partial charge in [-0.05, 0) is 59.0 Å². The van der Waals surface area contributed by atoms with Gasteiger partial charge in [0, 0.05) is 30.5 Å². The number of aromatic nitrogens is 2. The molecule has 5 rings (SSSR count). The zero-order valence-corrected chi connectivity index (χ0v) is 23.1. The Morgan fingerprint density at radius 3 is 2.35 bits per heavy atom. The lowest BCUT2D eigenvalue weighted by molar-refractivity contribution is -0.274. The average molecular weight is 588 g/mol. The molecule has 1 atom stereocenters. The van der Waals surface area contributed by atoms with Gasteiger partial charge in [-0.2, -0.15) is 5.10 Å². The number of nitrogens with one attached hydrogen (secondary N) is 1. The van der Waals surface area contributed by atoms with Crippen molar-refractivity contribution in [3.05, 3.63) is 119 Å². The minimum absolute atomic E-state index is 0.0408. The second-order valence-electron chi connectivity index (χ2n) is 10.1. The first kappa shape index (κ1) is 29.4. The van der Waals surface area contributed by atoms with E-state index in [4.69, 9.17) is 10.2 Å². The normalized spacial score (nSPS) is 12.2. The molecular formula is C33H28F3N3O4. The number of carbonyl (C=O) groups is 2. The second kappa shape index (κ2) is 12.4. The summed E-state index contributed by atoms with van der Waals surface area (Å²) < 4.78 is 43.7. The van der Waals surface area contributed by atoms with Crippen molar-refractivity contribution in [3.63, 3.8) is 0 Å². The highest BCUT2D eigenvalue weighted by Gasteiger charge is 2.31. The van der Waals surface area contributed by atoms with Crippen LogP contribution >= 0.6 is 0 Å². The molecule has 0 radical (unpaired) electrons. The molecule has 4 aromatic carbocycles. The Bertz CT molecular complexity index is 1750. The third-order valence-corrected chi connectivity index (χ3v) is 7.11. The zero-order chi connectivity index (χ0) is 30.6. The van der Waals surface area contributed by atoms with Gasteiger partial charge in [-0.25, -0.2) is 0 Å². The molecule has 1 aromatic heterocycles. The molecule has 2 N–H and O–H groups in total. The zero-order valence-electron chi connectivity index (χ0n) is 23.1. The van der Waals surface area contributed by atoms with Crippen LogP contribution in [0.25, 0.3) is 22.0 Å². The van der Waals surface area contributed by atoms with Crippen LogP contribution in [0.1, 0.15) is 39.5 Å². The number of alkyl halides is 3. The van der Waals surface area contributed by atoms with E-state index in [1.165, 1.54) is 12.1 Å². The molecule has 0 aliphatic heterocycles. The van der Waals surface area contributed by atoms with Gasteiger partial charge in [-0.3, -0.25) is 14.3 Å². The largest absolute Gasteiger partial charge is 0.573 e. The van der Waals surface area contributed by atoms with Gasteiger partial charge in [0.1, 0.15) is 5.75 Å². The Labute approximate surface area is 245 Å². The van der Waals surface area contributed by atoms with Crippen LogP contribution in [0.15, 0.2) is 97.1 Å². The van der Waals surface area contributed by atoms with Crippen LogP contribution in [-0.4, -0.2) is 39.7 Å². The van der Waals surface area contributed by atoms with E-state index >= 15 is 0 Å². The Hall–Kier alpha value is -5.12. The van der Waals surface area contributed by atoms with E-state index in [1.807, 2.05) is 72.4 Å². The quantitative estimate of drug-likeness (QED) is 0.189. The summed E-state index contributed by atoms with van der Waals surface area (Å²) in [5.41, 5.74) is 5.77. The van der Waals surface area contributed by atoms with E-state index in [0.717, 1.165) is 38.9 Å². The predicted octanol–water partition coefficient (Wildman–Crippen LogP) is 6.72. The Balaban J connectivity index is 1.46. The molecule has 7 nitrogen and oxygen atoms in total. The summed E-state index contributed by atoms with van der Waals surface area (Å²) >= 11 is 0. The van der Waals surface area contributed by atoms with Crippen LogP contribution in [0.2, 0.25) is 0 Å². The number of amides is 1. The van der Waals surface area contributed by atoms with E-state index in [0.29, 0.717) is 12.0 Å². The van der Waals surface area contributed by atoms with Crippen molar-refractivity contribution in [2.24, 2.45) is 7.05 Å². The molecular weight excluding hydrogens is 559 g/mol. The minimum Gasteiger partial charge on any atom is -0.481 e. The molecule has 1 amide bonds. The van der Waals surface area contributed by atoms with Gasteiger partial charge >= 0.3 is 12.3 Å². The SMILES string of the molecule is Cn1nc(C(Cc2ccc(C(=O)NCCC(=O)O)cc2)c2cccc(-c3ccc(OC(F)(F)F)cc3)c2)c2ccccc21. The molecule has 0 spiro atoms. The van der Waals surface area contributed by atoms with E-state index in [1.54, 1.807) is 24.3 Å². The van der Waals surface area contributed by atoms with Crippen LogP contribution in [0, 0.1) is 0 Å². The third-order valence-electron chi connectivity index (χ3n) is 7.11. The van der Waals surface area contributed by atoms with Crippen molar-refractivity contribution >= 4 is 22.8 Å². The molecule has 1 heterocycles. The summed E-state index contributed by atoms with van der Waals surface area (Å²) in [6.45, 7) is 0.0408. The van der Waals surface area contributed by atoms with Crippen LogP contribution in [0.5, 0.6) is 5.75 Å². The molecule has 0 aliphatic carbocycles. The summed E-state index contributed by atoms with van der Waals surface area (Å²) in [7, 11) is 1.89.